The monoisotopic (exact) mass is 446 g/mol. The molecule has 0 atom stereocenters. The number of fused-ring (bicyclic) bond motifs is 2. The number of pyridine rings is 2. The minimum atomic E-state index is -0.163. The highest BCUT2D eigenvalue weighted by Gasteiger charge is 2.23. The van der Waals surface area contributed by atoms with Crippen LogP contribution in [0.15, 0.2) is 35.4 Å². The number of rotatable bonds is 2. The zero-order valence-electron chi connectivity index (χ0n) is 18.5. The molecule has 5 heterocycles. The van der Waals surface area contributed by atoms with E-state index in [-0.39, 0.29) is 5.56 Å². The number of nitrogens with zero attached hydrogens (tertiary/aromatic N) is 6. The minimum absolute atomic E-state index is 0.163. The average Bonchev–Trinajstić information content (AvgIpc) is 2.76. The summed E-state index contributed by atoms with van der Waals surface area (Å²) in [6.45, 7) is 9.34. The second-order valence-electron chi connectivity index (χ2n) is 8.37. The Hall–Kier alpha value is -3.32. The molecule has 8 heteroatoms. The molecule has 32 heavy (non-hydrogen) atoms. The van der Waals surface area contributed by atoms with Crippen LogP contribution in [0.3, 0.4) is 0 Å². The number of hydrogen-bond donors (Lipinski definition) is 0. The molecule has 0 radical (unpaired) electrons. The van der Waals surface area contributed by atoms with E-state index in [4.69, 9.17) is 21.7 Å². The molecule has 0 bridgehead atoms. The number of aryl methyl sites for hydroxylation is 3. The first-order chi connectivity index (χ1) is 15.3. The fourth-order valence-corrected chi connectivity index (χ4v) is 4.53. The molecule has 0 saturated heterocycles. The zero-order chi connectivity index (χ0) is 22.6. The van der Waals surface area contributed by atoms with Gasteiger partial charge in [0.1, 0.15) is 5.15 Å². The number of aromatic nitrogens is 5. The van der Waals surface area contributed by atoms with Gasteiger partial charge in [0.25, 0.3) is 5.56 Å². The molecule has 1 aliphatic heterocycles. The van der Waals surface area contributed by atoms with Crippen LogP contribution in [-0.2, 0) is 13.0 Å². The Labute approximate surface area is 190 Å². The van der Waals surface area contributed by atoms with Crippen molar-refractivity contribution in [3.63, 3.8) is 0 Å². The normalized spacial score (nSPS) is 13.5. The van der Waals surface area contributed by atoms with Gasteiger partial charge >= 0.3 is 0 Å². The van der Waals surface area contributed by atoms with Gasteiger partial charge in [0.2, 0.25) is 0 Å². The minimum Gasteiger partial charge on any atom is -0.350 e. The first-order valence-electron chi connectivity index (χ1n) is 10.5. The molecule has 4 aromatic heterocycles. The molecule has 162 valence electrons. The van der Waals surface area contributed by atoms with E-state index in [1.165, 1.54) is 10.6 Å². The van der Waals surface area contributed by atoms with Crippen molar-refractivity contribution >= 4 is 23.1 Å². The summed E-state index contributed by atoms with van der Waals surface area (Å²) in [5, 5.41) is 5.18. The van der Waals surface area contributed by atoms with Crippen LogP contribution < -0.4 is 10.5 Å². The summed E-state index contributed by atoms with van der Waals surface area (Å²) >= 11 is 6.03. The van der Waals surface area contributed by atoms with E-state index in [0.29, 0.717) is 23.0 Å². The molecular formula is C24H23ClN6O. The van der Waals surface area contributed by atoms with Gasteiger partial charge in [0, 0.05) is 71.6 Å². The Morgan fingerprint density at radius 1 is 1.00 bits per heavy atom. The van der Waals surface area contributed by atoms with E-state index in [1.54, 1.807) is 6.20 Å². The van der Waals surface area contributed by atoms with Gasteiger partial charge in [-0.05, 0) is 51.0 Å². The van der Waals surface area contributed by atoms with Gasteiger partial charge in [-0.1, -0.05) is 11.6 Å². The highest BCUT2D eigenvalue weighted by molar-refractivity contribution is 6.29. The molecule has 1 aliphatic rings. The smallest absolute Gasteiger partial charge is 0.274 e. The summed E-state index contributed by atoms with van der Waals surface area (Å²) in [5.74, 6) is 0.808. The van der Waals surface area contributed by atoms with Crippen molar-refractivity contribution in [2.75, 3.05) is 11.4 Å². The van der Waals surface area contributed by atoms with Crippen LogP contribution in [0.2, 0.25) is 5.15 Å². The van der Waals surface area contributed by atoms with Crippen molar-refractivity contribution in [1.29, 1.82) is 0 Å². The summed E-state index contributed by atoms with van der Waals surface area (Å²) in [6, 6.07) is 5.55. The SMILES string of the molecule is Cc1cc(=O)n2nc(N3CCc4ncc(-c5cnc(Cl)cc5C)cc4C3)c(C)c(C)c2n1. The van der Waals surface area contributed by atoms with E-state index in [2.05, 4.69) is 20.9 Å². The molecule has 0 saturated carbocycles. The van der Waals surface area contributed by atoms with Crippen LogP contribution in [0.4, 0.5) is 5.82 Å². The molecule has 0 N–H and O–H groups in total. The lowest BCUT2D eigenvalue weighted by atomic mass is 9.98. The number of halogens is 1. The molecule has 0 unspecified atom stereocenters. The lowest BCUT2D eigenvalue weighted by Gasteiger charge is -2.31. The fourth-order valence-electron chi connectivity index (χ4n) is 4.31. The van der Waals surface area contributed by atoms with Gasteiger partial charge in [-0.2, -0.15) is 4.52 Å². The molecule has 5 rings (SSSR count). The van der Waals surface area contributed by atoms with E-state index in [0.717, 1.165) is 57.9 Å². The molecule has 7 nitrogen and oxygen atoms in total. The fraction of sp³-hybridized carbons (Fsp3) is 0.292. The molecular weight excluding hydrogens is 424 g/mol. The van der Waals surface area contributed by atoms with E-state index >= 15 is 0 Å². The second kappa shape index (κ2) is 7.67. The molecule has 0 amide bonds. The summed E-state index contributed by atoms with van der Waals surface area (Å²) in [5.41, 5.74) is 8.49. The van der Waals surface area contributed by atoms with Crippen molar-refractivity contribution in [2.45, 2.75) is 40.7 Å². The average molecular weight is 447 g/mol. The van der Waals surface area contributed by atoms with Crippen molar-refractivity contribution < 1.29 is 0 Å². The van der Waals surface area contributed by atoms with Gasteiger partial charge in [-0.3, -0.25) is 9.78 Å². The zero-order valence-corrected chi connectivity index (χ0v) is 19.2. The highest BCUT2D eigenvalue weighted by atomic mass is 35.5. The lowest BCUT2D eigenvalue weighted by molar-refractivity contribution is 0.684. The predicted octanol–water partition coefficient (Wildman–Crippen LogP) is 4.00. The number of anilines is 1. The molecule has 4 aromatic rings. The Kier molecular flexibility index (Phi) is 4.93. The van der Waals surface area contributed by atoms with E-state index in [9.17, 15) is 4.79 Å². The maximum Gasteiger partial charge on any atom is 0.274 e. The van der Waals surface area contributed by atoms with Gasteiger partial charge < -0.3 is 4.90 Å². The van der Waals surface area contributed by atoms with Gasteiger partial charge in [-0.25, -0.2) is 9.97 Å². The third-order valence-corrected chi connectivity index (χ3v) is 6.39. The Bertz CT molecular complexity index is 1450. The van der Waals surface area contributed by atoms with Crippen molar-refractivity contribution in [3.8, 4) is 11.1 Å². The van der Waals surface area contributed by atoms with Crippen LogP contribution in [0.1, 0.15) is 33.6 Å². The first kappa shape index (κ1) is 20.6. The molecule has 0 aromatic carbocycles. The number of hydrogen-bond acceptors (Lipinski definition) is 6. The van der Waals surface area contributed by atoms with E-state index in [1.807, 2.05) is 40.0 Å². The van der Waals surface area contributed by atoms with Crippen molar-refractivity contribution in [3.05, 3.63) is 79.7 Å². The van der Waals surface area contributed by atoms with Crippen LogP contribution in [0.25, 0.3) is 16.8 Å². The molecule has 0 aliphatic carbocycles. The highest BCUT2D eigenvalue weighted by Crippen LogP contribution is 2.30. The lowest BCUT2D eigenvalue weighted by Crippen LogP contribution is -2.34. The Morgan fingerprint density at radius 3 is 2.59 bits per heavy atom. The maximum absolute atomic E-state index is 12.6. The predicted molar refractivity (Wildman–Crippen MR) is 125 cm³/mol. The standard InChI is InChI=1S/C24H23ClN6O/c1-13-7-21(25)27-11-19(13)17-9-18-12-30(6-5-20(18)26-10-17)24-16(4)15(3)23-28-14(2)8-22(32)31(23)29-24/h7-11H,5-6,12H2,1-4H3. The van der Waals surface area contributed by atoms with Crippen molar-refractivity contribution in [1.82, 2.24) is 24.6 Å². The Morgan fingerprint density at radius 2 is 1.81 bits per heavy atom. The topological polar surface area (TPSA) is 76.3 Å². The third-order valence-electron chi connectivity index (χ3n) is 6.18. The van der Waals surface area contributed by atoms with Crippen LogP contribution >= 0.6 is 11.6 Å². The van der Waals surface area contributed by atoms with Crippen LogP contribution in [0.5, 0.6) is 0 Å². The van der Waals surface area contributed by atoms with Gasteiger partial charge in [0.05, 0.1) is 0 Å². The maximum atomic E-state index is 12.6. The summed E-state index contributed by atoms with van der Waals surface area (Å²) in [6.07, 6.45) is 4.51. The largest absolute Gasteiger partial charge is 0.350 e. The first-order valence-corrected chi connectivity index (χ1v) is 10.9. The van der Waals surface area contributed by atoms with Crippen molar-refractivity contribution in [2.24, 2.45) is 0 Å². The quantitative estimate of drug-likeness (QED) is 0.433. The van der Waals surface area contributed by atoms with Gasteiger partial charge in [0.15, 0.2) is 11.5 Å². The molecule has 0 fully saturated rings. The van der Waals surface area contributed by atoms with Crippen LogP contribution in [-0.4, -0.2) is 31.1 Å². The summed E-state index contributed by atoms with van der Waals surface area (Å²) in [7, 11) is 0. The molecule has 0 spiro atoms. The summed E-state index contributed by atoms with van der Waals surface area (Å²) < 4.78 is 1.41. The third kappa shape index (κ3) is 3.42. The Balaban J connectivity index is 1.56. The second-order valence-corrected chi connectivity index (χ2v) is 8.76. The van der Waals surface area contributed by atoms with E-state index < -0.39 is 0 Å². The van der Waals surface area contributed by atoms with Crippen LogP contribution in [0, 0.1) is 27.7 Å². The summed E-state index contributed by atoms with van der Waals surface area (Å²) in [4.78, 5) is 28.3. The van der Waals surface area contributed by atoms with Gasteiger partial charge in [-0.15, -0.1) is 5.10 Å².